The minimum atomic E-state index is 0.672. The highest BCUT2D eigenvalue weighted by Gasteiger charge is 2.50. The van der Waals surface area contributed by atoms with E-state index in [4.69, 9.17) is 5.14 Å². The molecule has 1 spiro atoms. The lowest BCUT2D eigenvalue weighted by atomic mass is 9.61. The predicted molar refractivity (Wildman–Crippen MR) is 73.4 cm³/mol. The normalized spacial score (nSPS) is 29.3. The number of rotatable bonds is 4. The Morgan fingerprint density at radius 2 is 1.88 bits per heavy atom. The minimum Gasteiger partial charge on any atom is -0.316 e. The van der Waals surface area contributed by atoms with Gasteiger partial charge in [-0.25, -0.2) is 4.31 Å². The Bertz CT molecular complexity index is 253. The van der Waals surface area contributed by atoms with Crippen molar-refractivity contribution in [2.45, 2.75) is 51.0 Å². The van der Waals surface area contributed by atoms with Crippen LogP contribution in [0.25, 0.3) is 0 Å². The molecule has 2 aliphatic carbocycles. The molecule has 3 aliphatic rings. The zero-order valence-electron chi connectivity index (χ0n) is 10.7. The molecule has 0 bridgehead atoms. The summed E-state index contributed by atoms with van der Waals surface area (Å²) in [6.07, 6.45) is 9.92. The van der Waals surface area contributed by atoms with Gasteiger partial charge in [0.15, 0.2) is 0 Å². The van der Waals surface area contributed by atoms with Crippen LogP contribution in [-0.2, 0) is 0 Å². The molecule has 0 aromatic carbocycles. The number of nitrogens with two attached hydrogens (primary N) is 1. The van der Waals surface area contributed by atoms with Crippen LogP contribution in [0.15, 0.2) is 0 Å². The molecule has 4 heteroatoms. The van der Waals surface area contributed by atoms with Crippen molar-refractivity contribution in [2.75, 3.05) is 19.6 Å². The van der Waals surface area contributed by atoms with E-state index in [0.717, 1.165) is 12.0 Å². The molecular formula is C13H25N3S. The Kier molecular flexibility index (Phi) is 3.67. The third-order valence-electron chi connectivity index (χ3n) is 5.04. The van der Waals surface area contributed by atoms with Crippen LogP contribution in [0.5, 0.6) is 0 Å². The largest absolute Gasteiger partial charge is 0.316 e. The van der Waals surface area contributed by atoms with Gasteiger partial charge in [-0.2, -0.15) is 0 Å². The third-order valence-corrected chi connectivity index (χ3v) is 5.76. The second-order valence-electron chi connectivity index (χ2n) is 6.37. The second-order valence-corrected chi connectivity index (χ2v) is 7.05. The molecule has 3 N–H and O–H groups in total. The van der Waals surface area contributed by atoms with Crippen molar-refractivity contribution in [1.29, 1.82) is 0 Å². The molecule has 0 atom stereocenters. The monoisotopic (exact) mass is 255 g/mol. The number of hydrogen-bond acceptors (Lipinski definition) is 4. The zero-order valence-corrected chi connectivity index (χ0v) is 11.5. The van der Waals surface area contributed by atoms with Crippen molar-refractivity contribution in [3.63, 3.8) is 0 Å². The maximum Gasteiger partial charge on any atom is 0.0227 e. The molecule has 2 saturated carbocycles. The van der Waals surface area contributed by atoms with Gasteiger partial charge in [-0.15, -0.1) is 0 Å². The molecule has 3 nitrogen and oxygen atoms in total. The van der Waals surface area contributed by atoms with Gasteiger partial charge in [-0.3, -0.25) is 5.14 Å². The summed E-state index contributed by atoms with van der Waals surface area (Å²) in [5.74, 6) is 0.913. The average molecular weight is 255 g/mol. The van der Waals surface area contributed by atoms with Gasteiger partial charge in [-0.1, -0.05) is 19.3 Å². The number of nitrogens with one attached hydrogen (secondary N) is 1. The third kappa shape index (κ3) is 2.50. The lowest BCUT2D eigenvalue weighted by Gasteiger charge is -2.57. The fourth-order valence-corrected chi connectivity index (χ4v) is 4.43. The molecule has 0 aromatic rings. The Hall–Kier alpha value is 0.230. The summed E-state index contributed by atoms with van der Waals surface area (Å²) in [5, 5.41) is 9.28. The van der Waals surface area contributed by atoms with E-state index in [9.17, 15) is 0 Å². The summed E-state index contributed by atoms with van der Waals surface area (Å²) in [6.45, 7) is 3.72. The standard InChI is InChI=1S/C13H25N3S/c14-17-16(8-11-4-2-1-3-5-11)12-6-13(7-12)9-15-10-13/h11-12,15H,1-10,14H2. The first-order valence-corrected chi connectivity index (χ1v) is 7.99. The molecule has 1 heterocycles. The second kappa shape index (κ2) is 5.08. The van der Waals surface area contributed by atoms with Crippen LogP contribution < -0.4 is 10.5 Å². The van der Waals surface area contributed by atoms with Crippen LogP contribution in [-0.4, -0.2) is 30.0 Å². The van der Waals surface area contributed by atoms with Crippen LogP contribution in [0.4, 0.5) is 0 Å². The topological polar surface area (TPSA) is 41.3 Å². The van der Waals surface area contributed by atoms with E-state index in [-0.39, 0.29) is 0 Å². The molecule has 0 unspecified atom stereocenters. The van der Waals surface area contributed by atoms with Gasteiger partial charge in [0.1, 0.15) is 0 Å². The minimum absolute atomic E-state index is 0.672. The van der Waals surface area contributed by atoms with Gasteiger partial charge in [0.25, 0.3) is 0 Å². The smallest absolute Gasteiger partial charge is 0.0227 e. The van der Waals surface area contributed by atoms with E-state index in [1.165, 1.54) is 76.7 Å². The van der Waals surface area contributed by atoms with Crippen LogP contribution >= 0.6 is 12.1 Å². The summed E-state index contributed by atoms with van der Waals surface area (Å²) in [4.78, 5) is 0. The van der Waals surface area contributed by atoms with Crippen LogP contribution in [0, 0.1) is 11.3 Å². The highest BCUT2D eigenvalue weighted by molar-refractivity contribution is 7.94. The van der Waals surface area contributed by atoms with E-state index in [1.54, 1.807) is 0 Å². The van der Waals surface area contributed by atoms with Gasteiger partial charge in [0, 0.05) is 37.8 Å². The first-order chi connectivity index (χ1) is 8.31. The first-order valence-electron chi connectivity index (χ1n) is 7.16. The fraction of sp³-hybridized carbons (Fsp3) is 1.00. The number of nitrogens with zero attached hydrogens (tertiary/aromatic N) is 1. The van der Waals surface area contributed by atoms with E-state index in [0.29, 0.717) is 5.41 Å². The van der Waals surface area contributed by atoms with E-state index in [2.05, 4.69) is 9.62 Å². The molecule has 3 fully saturated rings. The van der Waals surface area contributed by atoms with Crippen molar-refractivity contribution in [1.82, 2.24) is 9.62 Å². The quantitative estimate of drug-likeness (QED) is 0.755. The van der Waals surface area contributed by atoms with Crippen molar-refractivity contribution in [2.24, 2.45) is 16.5 Å². The zero-order chi connectivity index (χ0) is 11.7. The molecule has 17 heavy (non-hydrogen) atoms. The lowest BCUT2D eigenvalue weighted by Crippen LogP contribution is -2.64. The Labute approximate surface area is 109 Å². The van der Waals surface area contributed by atoms with Crippen LogP contribution in [0.3, 0.4) is 0 Å². The Balaban J connectivity index is 1.46. The summed E-state index contributed by atoms with van der Waals surface area (Å²) in [6, 6.07) is 0.758. The fourth-order valence-electron chi connectivity index (χ4n) is 3.81. The van der Waals surface area contributed by atoms with Gasteiger partial charge in [0.2, 0.25) is 0 Å². The SMILES string of the molecule is NSN(CC1CCCCC1)C1CC2(CNC2)C1. The maximum absolute atomic E-state index is 5.88. The summed E-state index contributed by atoms with van der Waals surface area (Å²) < 4.78 is 2.49. The summed E-state index contributed by atoms with van der Waals surface area (Å²) in [5.41, 5.74) is 0.672. The summed E-state index contributed by atoms with van der Waals surface area (Å²) in [7, 11) is 0. The van der Waals surface area contributed by atoms with Crippen molar-refractivity contribution in [3.8, 4) is 0 Å². The Morgan fingerprint density at radius 1 is 1.18 bits per heavy atom. The van der Waals surface area contributed by atoms with Crippen LogP contribution in [0.2, 0.25) is 0 Å². The van der Waals surface area contributed by atoms with Gasteiger partial charge >= 0.3 is 0 Å². The molecule has 1 saturated heterocycles. The molecule has 0 radical (unpaired) electrons. The predicted octanol–water partition coefficient (Wildman–Crippen LogP) is 2.14. The highest BCUT2D eigenvalue weighted by atomic mass is 32.2. The first kappa shape index (κ1) is 12.3. The van der Waals surface area contributed by atoms with Gasteiger partial charge in [-0.05, 0) is 37.0 Å². The van der Waals surface area contributed by atoms with E-state index < -0.39 is 0 Å². The van der Waals surface area contributed by atoms with Gasteiger partial charge < -0.3 is 5.32 Å². The van der Waals surface area contributed by atoms with E-state index in [1.807, 2.05) is 0 Å². The lowest BCUT2D eigenvalue weighted by molar-refractivity contribution is -0.00786. The van der Waals surface area contributed by atoms with Crippen molar-refractivity contribution in [3.05, 3.63) is 0 Å². The average Bonchev–Trinajstić information content (AvgIpc) is 2.25. The molecule has 98 valence electrons. The highest BCUT2D eigenvalue weighted by Crippen LogP contribution is 2.47. The maximum atomic E-state index is 5.88. The molecule has 0 aromatic heterocycles. The van der Waals surface area contributed by atoms with Crippen LogP contribution in [0.1, 0.15) is 44.9 Å². The Morgan fingerprint density at radius 3 is 2.41 bits per heavy atom. The molecular weight excluding hydrogens is 230 g/mol. The molecule has 0 amide bonds. The van der Waals surface area contributed by atoms with E-state index >= 15 is 0 Å². The molecule has 3 rings (SSSR count). The number of hydrogen-bond donors (Lipinski definition) is 2. The summed E-state index contributed by atoms with van der Waals surface area (Å²) >= 11 is 1.50. The molecule has 1 aliphatic heterocycles. The van der Waals surface area contributed by atoms with Gasteiger partial charge in [0.05, 0.1) is 0 Å². The van der Waals surface area contributed by atoms with Crippen molar-refractivity contribution >= 4 is 12.1 Å². The van der Waals surface area contributed by atoms with Crippen molar-refractivity contribution < 1.29 is 0 Å².